The van der Waals surface area contributed by atoms with E-state index in [0.29, 0.717) is 11.4 Å². The maximum Gasteiger partial charge on any atom is 0.227 e. The first-order valence-electron chi connectivity index (χ1n) is 6.46. The molecule has 1 heterocycles. The summed E-state index contributed by atoms with van der Waals surface area (Å²) >= 11 is 9.35. The van der Waals surface area contributed by atoms with E-state index in [2.05, 4.69) is 22.9 Å². The number of carbonyl (C=O) groups is 1. The number of likely N-dealkylation sites (tertiary alicyclic amines) is 1. The minimum atomic E-state index is 0.155. The number of hydrogen-bond acceptors (Lipinski definition) is 2. The molecule has 0 radical (unpaired) electrons. The van der Waals surface area contributed by atoms with Crippen molar-refractivity contribution in [3.63, 3.8) is 0 Å². The molecule has 2 N–H and O–H groups in total. The lowest BCUT2D eigenvalue weighted by molar-refractivity contribution is -0.133. The average molecular weight is 346 g/mol. The lowest BCUT2D eigenvalue weighted by Gasteiger charge is -2.36. The summed E-state index contributed by atoms with van der Waals surface area (Å²) < 4.78 is 0.884. The van der Waals surface area contributed by atoms with Crippen LogP contribution >= 0.6 is 27.5 Å². The van der Waals surface area contributed by atoms with Crippen LogP contribution in [0.25, 0.3) is 0 Å². The second-order valence-corrected chi connectivity index (χ2v) is 6.42. The molecule has 1 aromatic rings. The number of hydrogen-bond donors (Lipinski definition) is 1. The highest BCUT2D eigenvalue weighted by Gasteiger charge is 2.27. The van der Waals surface area contributed by atoms with Crippen LogP contribution in [0.4, 0.5) is 0 Å². The smallest absolute Gasteiger partial charge is 0.227 e. The maximum absolute atomic E-state index is 12.4. The number of carbonyl (C=O) groups excluding carboxylic acids is 1. The van der Waals surface area contributed by atoms with Crippen LogP contribution in [0.3, 0.4) is 0 Å². The lowest BCUT2D eigenvalue weighted by Crippen LogP contribution is -2.48. The van der Waals surface area contributed by atoms with Crippen LogP contribution in [0.15, 0.2) is 22.7 Å². The lowest BCUT2D eigenvalue weighted by atomic mass is 9.98. The summed E-state index contributed by atoms with van der Waals surface area (Å²) in [7, 11) is 0. The SMILES string of the molecule is CC1CC(N)CCN1C(=O)Cc1ccc(Cl)cc1Br. The number of nitrogens with zero attached hydrogens (tertiary/aromatic N) is 1. The Morgan fingerprint density at radius 1 is 1.58 bits per heavy atom. The topological polar surface area (TPSA) is 46.3 Å². The largest absolute Gasteiger partial charge is 0.340 e. The van der Waals surface area contributed by atoms with Gasteiger partial charge < -0.3 is 10.6 Å². The van der Waals surface area contributed by atoms with Gasteiger partial charge in [-0.15, -0.1) is 0 Å². The van der Waals surface area contributed by atoms with E-state index < -0.39 is 0 Å². The Labute approximate surface area is 127 Å². The van der Waals surface area contributed by atoms with Gasteiger partial charge in [0, 0.05) is 28.1 Å². The van der Waals surface area contributed by atoms with Gasteiger partial charge in [-0.3, -0.25) is 4.79 Å². The normalized spacial score (nSPS) is 23.5. The molecule has 1 aromatic carbocycles. The molecule has 1 saturated heterocycles. The van der Waals surface area contributed by atoms with Crippen molar-refractivity contribution in [3.8, 4) is 0 Å². The van der Waals surface area contributed by atoms with E-state index in [1.54, 1.807) is 0 Å². The zero-order valence-electron chi connectivity index (χ0n) is 10.9. The maximum atomic E-state index is 12.4. The average Bonchev–Trinajstić information content (AvgIpc) is 2.32. The number of halogens is 2. The van der Waals surface area contributed by atoms with Crippen molar-refractivity contribution in [3.05, 3.63) is 33.3 Å². The van der Waals surface area contributed by atoms with Crippen LogP contribution < -0.4 is 5.73 Å². The summed E-state index contributed by atoms with van der Waals surface area (Å²) in [6, 6.07) is 5.97. The number of benzene rings is 1. The van der Waals surface area contributed by atoms with Gasteiger partial charge >= 0.3 is 0 Å². The molecule has 104 valence electrons. The van der Waals surface area contributed by atoms with Gasteiger partial charge in [-0.2, -0.15) is 0 Å². The molecule has 1 aliphatic rings. The first-order chi connectivity index (χ1) is 8.97. The fourth-order valence-corrected chi connectivity index (χ4v) is 3.33. The van der Waals surface area contributed by atoms with Crippen molar-refractivity contribution in [2.24, 2.45) is 5.73 Å². The summed E-state index contributed by atoms with van der Waals surface area (Å²) in [6.45, 7) is 2.82. The highest BCUT2D eigenvalue weighted by atomic mass is 79.9. The van der Waals surface area contributed by atoms with Gasteiger partial charge in [0.15, 0.2) is 0 Å². The summed E-state index contributed by atoms with van der Waals surface area (Å²) in [6.07, 6.45) is 2.17. The fourth-order valence-electron chi connectivity index (χ4n) is 2.51. The molecule has 0 saturated carbocycles. The van der Waals surface area contributed by atoms with E-state index >= 15 is 0 Å². The van der Waals surface area contributed by atoms with E-state index in [1.165, 1.54) is 0 Å². The molecule has 2 rings (SSSR count). The van der Waals surface area contributed by atoms with Crippen molar-refractivity contribution in [1.82, 2.24) is 4.90 Å². The van der Waals surface area contributed by atoms with Gasteiger partial charge in [0.2, 0.25) is 5.91 Å². The van der Waals surface area contributed by atoms with Crippen LogP contribution in [0.2, 0.25) is 5.02 Å². The summed E-state index contributed by atoms with van der Waals surface area (Å²) in [4.78, 5) is 14.3. The Morgan fingerprint density at radius 2 is 2.32 bits per heavy atom. The monoisotopic (exact) mass is 344 g/mol. The number of nitrogens with two attached hydrogens (primary N) is 1. The minimum Gasteiger partial charge on any atom is -0.340 e. The molecule has 1 aliphatic heterocycles. The van der Waals surface area contributed by atoms with E-state index in [-0.39, 0.29) is 18.0 Å². The van der Waals surface area contributed by atoms with Gasteiger partial charge in [-0.25, -0.2) is 0 Å². The summed E-state index contributed by atoms with van der Waals surface area (Å²) in [5.74, 6) is 0.155. The van der Waals surface area contributed by atoms with Gasteiger partial charge in [0.1, 0.15) is 0 Å². The molecule has 3 nitrogen and oxygen atoms in total. The number of amides is 1. The van der Waals surface area contributed by atoms with Crippen molar-refractivity contribution >= 4 is 33.4 Å². The predicted octanol–water partition coefficient (Wildman–Crippen LogP) is 2.98. The molecule has 5 heteroatoms. The third-order valence-corrected chi connectivity index (χ3v) is 4.57. The third kappa shape index (κ3) is 3.71. The van der Waals surface area contributed by atoms with E-state index in [4.69, 9.17) is 17.3 Å². The first kappa shape index (κ1) is 14.8. The molecule has 0 bridgehead atoms. The third-order valence-electron chi connectivity index (χ3n) is 3.59. The Bertz CT molecular complexity index is 481. The minimum absolute atomic E-state index is 0.155. The van der Waals surface area contributed by atoms with Gasteiger partial charge in [0.25, 0.3) is 0 Å². The Kier molecular flexibility index (Phi) is 4.87. The molecular formula is C14H18BrClN2O. The zero-order valence-corrected chi connectivity index (χ0v) is 13.2. The van der Waals surface area contributed by atoms with E-state index in [0.717, 1.165) is 29.4 Å². The van der Waals surface area contributed by atoms with Gasteiger partial charge in [0.05, 0.1) is 6.42 Å². The number of rotatable bonds is 2. The standard InChI is InChI=1S/C14H18BrClN2O/c1-9-6-12(17)4-5-18(9)14(19)7-10-2-3-11(16)8-13(10)15/h2-3,8-9,12H,4-7,17H2,1H3. The molecule has 1 fully saturated rings. The van der Waals surface area contributed by atoms with Crippen molar-refractivity contribution in [2.45, 2.75) is 38.3 Å². The molecule has 2 atom stereocenters. The number of piperidine rings is 1. The van der Waals surface area contributed by atoms with Crippen LogP contribution in [-0.4, -0.2) is 29.4 Å². The van der Waals surface area contributed by atoms with E-state index in [9.17, 15) is 4.79 Å². The first-order valence-corrected chi connectivity index (χ1v) is 7.63. The Morgan fingerprint density at radius 3 is 2.95 bits per heavy atom. The second kappa shape index (κ2) is 6.25. The molecule has 1 amide bonds. The van der Waals surface area contributed by atoms with Crippen LogP contribution in [0.5, 0.6) is 0 Å². The quantitative estimate of drug-likeness (QED) is 0.895. The van der Waals surface area contributed by atoms with Gasteiger partial charge in [-0.1, -0.05) is 33.6 Å². The molecule has 2 unspecified atom stereocenters. The van der Waals surface area contributed by atoms with Crippen molar-refractivity contribution in [2.75, 3.05) is 6.54 Å². The Balaban J connectivity index is 2.04. The predicted molar refractivity (Wildman–Crippen MR) is 81.2 cm³/mol. The van der Waals surface area contributed by atoms with Crippen LogP contribution in [0, 0.1) is 0 Å². The van der Waals surface area contributed by atoms with E-state index in [1.807, 2.05) is 23.1 Å². The van der Waals surface area contributed by atoms with Crippen molar-refractivity contribution in [1.29, 1.82) is 0 Å². The van der Waals surface area contributed by atoms with Gasteiger partial charge in [-0.05, 0) is 37.5 Å². The molecule has 0 spiro atoms. The molecule has 0 aromatic heterocycles. The summed E-state index contributed by atoms with van der Waals surface area (Å²) in [5.41, 5.74) is 6.89. The second-order valence-electron chi connectivity index (χ2n) is 5.13. The van der Waals surface area contributed by atoms with Crippen LogP contribution in [0.1, 0.15) is 25.3 Å². The molecule has 0 aliphatic carbocycles. The Hall–Kier alpha value is -0.580. The fraction of sp³-hybridized carbons (Fsp3) is 0.500. The summed E-state index contributed by atoms with van der Waals surface area (Å²) in [5, 5.41) is 0.667. The van der Waals surface area contributed by atoms with Crippen molar-refractivity contribution < 1.29 is 4.79 Å². The highest BCUT2D eigenvalue weighted by molar-refractivity contribution is 9.10. The highest BCUT2D eigenvalue weighted by Crippen LogP contribution is 2.24. The zero-order chi connectivity index (χ0) is 14.0. The van der Waals surface area contributed by atoms with Crippen LogP contribution in [-0.2, 0) is 11.2 Å². The molecule has 19 heavy (non-hydrogen) atoms. The molecular weight excluding hydrogens is 328 g/mol.